The van der Waals surface area contributed by atoms with E-state index in [1.807, 2.05) is 0 Å². The lowest BCUT2D eigenvalue weighted by molar-refractivity contribution is 0.0525. The van der Waals surface area contributed by atoms with Crippen molar-refractivity contribution in [1.82, 2.24) is 15.1 Å². The minimum absolute atomic E-state index is 0.0478. The number of likely N-dealkylation sites (tertiary alicyclic amines) is 1. The average Bonchev–Trinajstić information content (AvgIpc) is 2.68. The number of piperidine rings is 1. The molecule has 1 unspecified atom stereocenters. The number of methoxy groups -OCH3 is 2. The summed E-state index contributed by atoms with van der Waals surface area (Å²) in [5.41, 5.74) is 0.567. The van der Waals surface area contributed by atoms with Gasteiger partial charge in [-0.2, -0.15) is 5.10 Å². The first kappa shape index (κ1) is 17.0. The molecule has 0 bridgehead atoms. The molecule has 1 saturated heterocycles. The van der Waals surface area contributed by atoms with Crippen LogP contribution in [-0.2, 0) is 0 Å². The summed E-state index contributed by atoms with van der Waals surface area (Å²) in [5.74, 6) is 1.57. The maximum absolute atomic E-state index is 12.8. The van der Waals surface area contributed by atoms with E-state index in [9.17, 15) is 4.79 Å². The standard InChI is InChI=1S/C18H21N3O4/c1-23-15-8-7-13(11-16(15)24-2)18(22)21-10-4-5-14(12-21)25-17-6-3-9-19-20-17/h3,6-9,11,14H,4-5,10,12H2,1-2H3. The molecule has 0 spiro atoms. The molecule has 0 saturated carbocycles. The normalized spacial score (nSPS) is 17.0. The molecule has 1 aliphatic heterocycles. The number of benzene rings is 1. The van der Waals surface area contributed by atoms with E-state index in [0.29, 0.717) is 36.0 Å². The molecule has 1 aromatic carbocycles. The molecule has 2 aromatic rings. The zero-order valence-corrected chi connectivity index (χ0v) is 14.3. The van der Waals surface area contributed by atoms with Gasteiger partial charge in [0.2, 0.25) is 5.88 Å². The average molecular weight is 343 g/mol. The molecule has 0 aliphatic carbocycles. The Morgan fingerprint density at radius 3 is 2.76 bits per heavy atom. The van der Waals surface area contributed by atoms with Crippen molar-refractivity contribution >= 4 is 5.91 Å². The SMILES string of the molecule is COc1ccc(C(=O)N2CCCC(Oc3cccnn3)C2)cc1OC. The van der Waals surface area contributed by atoms with Crippen molar-refractivity contribution in [2.24, 2.45) is 0 Å². The molecule has 1 amide bonds. The molecule has 1 aliphatic rings. The van der Waals surface area contributed by atoms with Gasteiger partial charge in [-0.05, 0) is 37.1 Å². The van der Waals surface area contributed by atoms with Gasteiger partial charge in [0.1, 0.15) is 6.10 Å². The van der Waals surface area contributed by atoms with Crippen molar-refractivity contribution in [1.29, 1.82) is 0 Å². The van der Waals surface area contributed by atoms with Crippen LogP contribution in [0.5, 0.6) is 17.4 Å². The molecule has 7 heteroatoms. The summed E-state index contributed by atoms with van der Waals surface area (Å²) in [6.07, 6.45) is 3.27. The van der Waals surface area contributed by atoms with Crippen molar-refractivity contribution in [3.63, 3.8) is 0 Å². The topological polar surface area (TPSA) is 73.8 Å². The van der Waals surface area contributed by atoms with Crippen molar-refractivity contribution in [2.75, 3.05) is 27.3 Å². The number of rotatable bonds is 5. The Morgan fingerprint density at radius 1 is 1.20 bits per heavy atom. The third-order valence-electron chi connectivity index (χ3n) is 4.13. The van der Waals surface area contributed by atoms with Gasteiger partial charge in [0, 0.05) is 24.4 Å². The first-order chi connectivity index (χ1) is 12.2. The number of aromatic nitrogens is 2. The number of nitrogens with zero attached hydrogens (tertiary/aromatic N) is 3. The fraction of sp³-hybridized carbons (Fsp3) is 0.389. The minimum atomic E-state index is -0.0884. The molecule has 3 rings (SSSR count). The van der Waals surface area contributed by atoms with Gasteiger partial charge in [-0.25, -0.2) is 0 Å². The van der Waals surface area contributed by atoms with Gasteiger partial charge in [0.05, 0.1) is 20.8 Å². The van der Waals surface area contributed by atoms with Gasteiger partial charge < -0.3 is 19.1 Å². The first-order valence-corrected chi connectivity index (χ1v) is 8.17. The van der Waals surface area contributed by atoms with Crippen LogP contribution in [0.2, 0.25) is 0 Å². The second-order valence-corrected chi connectivity index (χ2v) is 5.76. The van der Waals surface area contributed by atoms with Crippen LogP contribution in [0.25, 0.3) is 0 Å². The minimum Gasteiger partial charge on any atom is -0.493 e. The highest BCUT2D eigenvalue weighted by Crippen LogP contribution is 2.28. The maximum Gasteiger partial charge on any atom is 0.254 e. The van der Waals surface area contributed by atoms with E-state index < -0.39 is 0 Å². The Hall–Kier alpha value is -2.83. The highest BCUT2D eigenvalue weighted by Gasteiger charge is 2.26. The predicted octanol–water partition coefficient (Wildman–Crippen LogP) is 2.18. The molecule has 1 atom stereocenters. The number of carbonyl (C=O) groups excluding carboxylic acids is 1. The lowest BCUT2D eigenvalue weighted by Crippen LogP contribution is -2.44. The van der Waals surface area contributed by atoms with Gasteiger partial charge in [0.15, 0.2) is 11.5 Å². The lowest BCUT2D eigenvalue weighted by atomic mass is 10.1. The van der Waals surface area contributed by atoms with E-state index in [-0.39, 0.29) is 12.0 Å². The van der Waals surface area contributed by atoms with Crippen molar-refractivity contribution in [2.45, 2.75) is 18.9 Å². The summed E-state index contributed by atoms with van der Waals surface area (Å²) >= 11 is 0. The van der Waals surface area contributed by atoms with Gasteiger partial charge in [0.25, 0.3) is 5.91 Å². The van der Waals surface area contributed by atoms with E-state index in [0.717, 1.165) is 12.8 Å². The second kappa shape index (κ2) is 7.83. The summed E-state index contributed by atoms with van der Waals surface area (Å²) in [7, 11) is 3.12. The fourth-order valence-corrected chi connectivity index (χ4v) is 2.89. The Labute approximate surface area is 146 Å². The van der Waals surface area contributed by atoms with Crippen molar-refractivity contribution in [3.8, 4) is 17.4 Å². The molecular formula is C18H21N3O4. The summed E-state index contributed by atoms with van der Waals surface area (Å²) in [6.45, 7) is 1.22. The van der Waals surface area contributed by atoms with E-state index >= 15 is 0 Å². The highest BCUT2D eigenvalue weighted by atomic mass is 16.5. The highest BCUT2D eigenvalue weighted by molar-refractivity contribution is 5.95. The smallest absolute Gasteiger partial charge is 0.254 e. The monoisotopic (exact) mass is 343 g/mol. The lowest BCUT2D eigenvalue weighted by Gasteiger charge is -2.32. The van der Waals surface area contributed by atoms with Gasteiger partial charge in [-0.15, -0.1) is 5.10 Å². The summed E-state index contributed by atoms with van der Waals surface area (Å²) in [6, 6.07) is 8.73. The van der Waals surface area contributed by atoms with Crippen LogP contribution in [0.3, 0.4) is 0 Å². The predicted molar refractivity (Wildman–Crippen MR) is 91.1 cm³/mol. The molecule has 0 radical (unpaired) electrons. The van der Waals surface area contributed by atoms with Crippen LogP contribution in [0.15, 0.2) is 36.5 Å². The van der Waals surface area contributed by atoms with Gasteiger partial charge in [-0.3, -0.25) is 4.79 Å². The Kier molecular flexibility index (Phi) is 5.33. The largest absolute Gasteiger partial charge is 0.493 e. The molecule has 1 fully saturated rings. The van der Waals surface area contributed by atoms with Crippen LogP contribution in [0.1, 0.15) is 23.2 Å². The maximum atomic E-state index is 12.8. The van der Waals surface area contributed by atoms with Crippen LogP contribution in [0.4, 0.5) is 0 Å². The first-order valence-electron chi connectivity index (χ1n) is 8.17. The van der Waals surface area contributed by atoms with Crippen molar-refractivity contribution < 1.29 is 19.0 Å². The molecule has 2 heterocycles. The van der Waals surface area contributed by atoms with Crippen molar-refractivity contribution in [3.05, 3.63) is 42.1 Å². The summed E-state index contributed by atoms with van der Waals surface area (Å²) in [4.78, 5) is 14.6. The van der Waals surface area contributed by atoms with Gasteiger partial charge >= 0.3 is 0 Å². The molecule has 1 aromatic heterocycles. The number of amides is 1. The van der Waals surface area contributed by atoms with Crippen LogP contribution in [0, 0.1) is 0 Å². The third kappa shape index (κ3) is 3.99. The molecule has 7 nitrogen and oxygen atoms in total. The summed E-state index contributed by atoms with van der Waals surface area (Å²) < 4.78 is 16.3. The number of ether oxygens (including phenoxy) is 3. The molecular weight excluding hydrogens is 322 g/mol. The Balaban J connectivity index is 1.69. The van der Waals surface area contributed by atoms with Crippen LogP contribution in [-0.4, -0.2) is 54.4 Å². The van der Waals surface area contributed by atoms with Gasteiger partial charge in [-0.1, -0.05) is 0 Å². The summed E-state index contributed by atoms with van der Waals surface area (Å²) in [5, 5.41) is 7.74. The Bertz CT molecular complexity index is 724. The number of hydrogen-bond acceptors (Lipinski definition) is 6. The fourth-order valence-electron chi connectivity index (χ4n) is 2.89. The van der Waals surface area contributed by atoms with E-state index in [1.54, 1.807) is 55.6 Å². The van der Waals surface area contributed by atoms with E-state index in [1.165, 1.54) is 0 Å². The molecule has 0 N–H and O–H groups in total. The van der Waals surface area contributed by atoms with E-state index in [4.69, 9.17) is 14.2 Å². The number of carbonyl (C=O) groups is 1. The molecule has 25 heavy (non-hydrogen) atoms. The zero-order chi connectivity index (χ0) is 17.6. The van der Waals surface area contributed by atoms with Crippen LogP contribution >= 0.6 is 0 Å². The van der Waals surface area contributed by atoms with E-state index in [2.05, 4.69) is 10.2 Å². The second-order valence-electron chi connectivity index (χ2n) is 5.76. The quantitative estimate of drug-likeness (QED) is 0.828. The third-order valence-corrected chi connectivity index (χ3v) is 4.13. The zero-order valence-electron chi connectivity index (χ0n) is 14.3. The Morgan fingerprint density at radius 2 is 2.04 bits per heavy atom. The molecule has 132 valence electrons. The van der Waals surface area contributed by atoms with Crippen LogP contribution < -0.4 is 14.2 Å². The number of hydrogen-bond donors (Lipinski definition) is 0.